The monoisotopic (exact) mass is 351 g/mol. The standard InChI is InChI=1S/C23H29NO2/c1-15-11-16(2)13-22(12-15)26-18(4)23(25)24-17(3)20-10-9-19-7-5-6-8-21(19)14-20/h9-14,17-18H,5-8H2,1-4H3,(H,24,25). The second-order valence-corrected chi connectivity index (χ2v) is 7.55. The number of aryl methyl sites for hydroxylation is 4. The number of carbonyl (C=O) groups is 1. The molecule has 2 aromatic carbocycles. The van der Waals surface area contributed by atoms with Gasteiger partial charge in [-0.1, -0.05) is 24.3 Å². The summed E-state index contributed by atoms with van der Waals surface area (Å²) in [5.74, 6) is 0.654. The lowest BCUT2D eigenvalue weighted by molar-refractivity contribution is -0.127. The van der Waals surface area contributed by atoms with Crippen LogP contribution in [0.3, 0.4) is 0 Å². The van der Waals surface area contributed by atoms with Gasteiger partial charge in [0.05, 0.1) is 6.04 Å². The van der Waals surface area contributed by atoms with Gasteiger partial charge in [0.25, 0.3) is 5.91 Å². The fourth-order valence-electron chi connectivity index (χ4n) is 3.70. The topological polar surface area (TPSA) is 38.3 Å². The largest absolute Gasteiger partial charge is 0.481 e. The van der Waals surface area contributed by atoms with Crippen molar-refractivity contribution in [1.82, 2.24) is 5.32 Å². The van der Waals surface area contributed by atoms with Gasteiger partial charge in [0, 0.05) is 0 Å². The van der Waals surface area contributed by atoms with Crippen molar-refractivity contribution in [1.29, 1.82) is 0 Å². The van der Waals surface area contributed by atoms with Crippen LogP contribution in [0.4, 0.5) is 0 Å². The van der Waals surface area contributed by atoms with Gasteiger partial charge in [-0.3, -0.25) is 4.79 Å². The molecule has 0 radical (unpaired) electrons. The quantitative estimate of drug-likeness (QED) is 0.838. The minimum Gasteiger partial charge on any atom is -0.481 e. The van der Waals surface area contributed by atoms with Crippen LogP contribution in [0.5, 0.6) is 5.75 Å². The lowest BCUT2D eigenvalue weighted by Crippen LogP contribution is -2.37. The molecule has 3 nitrogen and oxygen atoms in total. The van der Waals surface area contributed by atoms with Crippen LogP contribution in [0.25, 0.3) is 0 Å². The van der Waals surface area contributed by atoms with E-state index < -0.39 is 6.10 Å². The summed E-state index contributed by atoms with van der Waals surface area (Å²) in [5, 5.41) is 3.09. The highest BCUT2D eigenvalue weighted by molar-refractivity contribution is 5.81. The Labute approximate surface area is 156 Å². The molecule has 0 spiro atoms. The lowest BCUT2D eigenvalue weighted by atomic mass is 9.89. The van der Waals surface area contributed by atoms with Gasteiger partial charge in [-0.05, 0) is 93.3 Å². The summed E-state index contributed by atoms with van der Waals surface area (Å²) in [7, 11) is 0. The average Bonchev–Trinajstić information content (AvgIpc) is 2.60. The summed E-state index contributed by atoms with van der Waals surface area (Å²) in [4.78, 5) is 12.6. The molecular formula is C23H29NO2. The molecule has 1 aliphatic rings. The first kappa shape index (κ1) is 18.5. The van der Waals surface area contributed by atoms with Gasteiger partial charge in [-0.2, -0.15) is 0 Å². The average molecular weight is 351 g/mol. The van der Waals surface area contributed by atoms with E-state index in [4.69, 9.17) is 4.74 Å². The first-order valence-electron chi connectivity index (χ1n) is 9.59. The molecule has 3 heteroatoms. The van der Waals surface area contributed by atoms with Crippen molar-refractivity contribution in [3.05, 3.63) is 64.2 Å². The van der Waals surface area contributed by atoms with E-state index in [1.807, 2.05) is 32.9 Å². The second-order valence-electron chi connectivity index (χ2n) is 7.55. The molecule has 1 amide bonds. The summed E-state index contributed by atoms with van der Waals surface area (Å²) in [6.07, 6.45) is 4.34. The van der Waals surface area contributed by atoms with E-state index in [2.05, 4.69) is 29.6 Å². The van der Waals surface area contributed by atoms with E-state index in [0.29, 0.717) is 0 Å². The molecule has 2 atom stereocenters. The SMILES string of the molecule is Cc1cc(C)cc(OC(C)C(=O)NC(C)c2ccc3c(c2)CCCC3)c1. The van der Waals surface area contributed by atoms with E-state index in [1.165, 1.54) is 30.4 Å². The summed E-state index contributed by atoms with van der Waals surface area (Å²) in [5.41, 5.74) is 6.34. The minimum absolute atomic E-state index is 0.0278. The van der Waals surface area contributed by atoms with Crippen LogP contribution >= 0.6 is 0 Å². The van der Waals surface area contributed by atoms with Crippen molar-refractivity contribution in [2.45, 2.75) is 65.5 Å². The molecule has 0 aromatic heterocycles. The third-order valence-electron chi connectivity index (χ3n) is 5.11. The van der Waals surface area contributed by atoms with Crippen molar-refractivity contribution in [3.63, 3.8) is 0 Å². The Hall–Kier alpha value is -2.29. The Morgan fingerprint density at radius 1 is 0.962 bits per heavy atom. The molecule has 0 saturated heterocycles. The van der Waals surface area contributed by atoms with Crippen molar-refractivity contribution in [2.75, 3.05) is 0 Å². The van der Waals surface area contributed by atoms with Gasteiger partial charge < -0.3 is 10.1 Å². The maximum Gasteiger partial charge on any atom is 0.261 e. The zero-order valence-electron chi connectivity index (χ0n) is 16.3. The molecule has 0 saturated carbocycles. The predicted octanol–water partition coefficient (Wildman–Crippen LogP) is 4.83. The number of hydrogen-bond donors (Lipinski definition) is 1. The number of benzene rings is 2. The third kappa shape index (κ3) is 4.46. The van der Waals surface area contributed by atoms with Crippen molar-refractivity contribution < 1.29 is 9.53 Å². The molecule has 0 aliphatic heterocycles. The molecule has 2 aromatic rings. The zero-order chi connectivity index (χ0) is 18.7. The smallest absolute Gasteiger partial charge is 0.261 e. The van der Waals surface area contributed by atoms with Gasteiger partial charge in [0.2, 0.25) is 0 Å². The number of hydrogen-bond acceptors (Lipinski definition) is 2. The fraction of sp³-hybridized carbons (Fsp3) is 0.435. The van der Waals surface area contributed by atoms with Gasteiger partial charge in [0.15, 0.2) is 6.10 Å². The third-order valence-corrected chi connectivity index (χ3v) is 5.11. The van der Waals surface area contributed by atoms with Crippen LogP contribution in [0.15, 0.2) is 36.4 Å². The molecule has 0 fully saturated rings. The molecule has 1 aliphatic carbocycles. The molecule has 2 unspecified atom stereocenters. The highest BCUT2D eigenvalue weighted by Crippen LogP contribution is 2.25. The Morgan fingerprint density at radius 3 is 2.31 bits per heavy atom. The maximum absolute atomic E-state index is 12.6. The number of nitrogens with one attached hydrogen (secondary N) is 1. The highest BCUT2D eigenvalue weighted by atomic mass is 16.5. The van der Waals surface area contributed by atoms with Gasteiger partial charge in [-0.25, -0.2) is 0 Å². The molecule has 138 valence electrons. The first-order chi connectivity index (χ1) is 12.4. The Kier molecular flexibility index (Phi) is 5.65. The molecular weight excluding hydrogens is 322 g/mol. The van der Waals surface area contributed by atoms with E-state index in [1.54, 1.807) is 6.92 Å². The summed E-state index contributed by atoms with van der Waals surface area (Å²) >= 11 is 0. The number of rotatable bonds is 5. The van der Waals surface area contributed by atoms with Crippen molar-refractivity contribution in [2.24, 2.45) is 0 Å². The van der Waals surface area contributed by atoms with E-state index in [9.17, 15) is 4.79 Å². The highest BCUT2D eigenvalue weighted by Gasteiger charge is 2.19. The summed E-state index contributed by atoms with van der Waals surface area (Å²) in [6, 6.07) is 12.6. The van der Waals surface area contributed by atoms with Crippen LogP contribution in [-0.2, 0) is 17.6 Å². The molecule has 1 N–H and O–H groups in total. The predicted molar refractivity (Wildman–Crippen MR) is 106 cm³/mol. The van der Waals surface area contributed by atoms with Crippen molar-refractivity contribution in [3.8, 4) is 5.75 Å². The van der Waals surface area contributed by atoms with Crippen LogP contribution in [-0.4, -0.2) is 12.0 Å². The summed E-state index contributed by atoms with van der Waals surface area (Å²) in [6.45, 7) is 7.89. The minimum atomic E-state index is -0.531. The second kappa shape index (κ2) is 7.94. The summed E-state index contributed by atoms with van der Waals surface area (Å²) < 4.78 is 5.85. The first-order valence-corrected chi connectivity index (χ1v) is 9.59. The zero-order valence-corrected chi connectivity index (χ0v) is 16.3. The van der Waals surface area contributed by atoms with E-state index >= 15 is 0 Å². The van der Waals surface area contributed by atoms with Gasteiger partial charge in [0.1, 0.15) is 5.75 Å². The van der Waals surface area contributed by atoms with Crippen LogP contribution in [0, 0.1) is 13.8 Å². The van der Waals surface area contributed by atoms with Crippen LogP contribution in [0.2, 0.25) is 0 Å². The number of fused-ring (bicyclic) bond motifs is 1. The molecule has 0 heterocycles. The van der Waals surface area contributed by atoms with Gasteiger partial charge in [-0.15, -0.1) is 0 Å². The molecule has 0 bridgehead atoms. The fourth-order valence-corrected chi connectivity index (χ4v) is 3.70. The molecule has 26 heavy (non-hydrogen) atoms. The van der Waals surface area contributed by atoms with Crippen LogP contribution in [0.1, 0.15) is 60.5 Å². The number of ether oxygens (including phenoxy) is 1. The maximum atomic E-state index is 12.6. The van der Waals surface area contributed by atoms with Gasteiger partial charge >= 0.3 is 0 Å². The van der Waals surface area contributed by atoms with Crippen LogP contribution < -0.4 is 10.1 Å². The normalized spacial score (nSPS) is 15.7. The van der Waals surface area contributed by atoms with Crippen molar-refractivity contribution >= 4 is 5.91 Å². The lowest BCUT2D eigenvalue weighted by Gasteiger charge is -2.22. The van der Waals surface area contributed by atoms with E-state index in [-0.39, 0.29) is 11.9 Å². The number of carbonyl (C=O) groups excluding carboxylic acids is 1. The Morgan fingerprint density at radius 2 is 1.62 bits per heavy atom. The molecule has 3 rings (SSSR count). The number of amides is 1. The Balaban J connectivity index is 1.63. The Bertz CT molecular complexity index is 777. The van der Waals surface area contributed by atoms with E-state index in [0.717, 1.165) is 28.9 Å².